The molecular formula is C23H18F4N4O. The summed E-state index contributed by atoms with van der Waals surface area (Å²) in [6.45, 7) is 0.280. The van der Waals surface area contributed by atoms with Gasteiger partial charge < -0.3 is 15.4 Å². The molecule has 0 fully saturated rings. The normalized spacial score (nSPS) is 12.0. The van der Waals surface area contributed by atoms with Gasteiger partial charge in [0.15, 0.2) is 5.88 Å². The number of hydrogen-bond donors (Lipinski definition) is 3. The number of aliphatic imine (C=N–C) groups is 1. The lowest BCUT2D eigenvalue weighted by atomic mass is 10.1. The molecule has 0 aliphatic heterocycles. The van der Waals surface area contributed by atoms with Crippen LogP contribution in [-0.2, 0) is 12.6 Å². The average Bonchev–Trinajstić information content (AvgIpc) is 3.06. The van der Waals surface area contributed by atoms with E-state index < -0.39 is 17.6 Å². The highest BCUT2D eigenvalue weighted by Crippen LogP contribution is 2.37. The van der Waals surface area contributed by atoms with Gasteiger partial charge in [-0.05, 0) is 48.5 Å². The van der Waals surface area contributed by atoms with Crippen LogP contribution in [0.15, 0.2) is 65.8 Å². The van der Waals surface area contributed by atoms with Crippen molar-refractivity contribution >= 4 is 28.5 Å². The molecule has 0 spiro atoms. The van der Waals surface area contributed by atoms with Crippen LogP contribution in [0.5, 0.6) is 5.88 Å². The number of H-pyrrole nitrogens is 1. The van der Waals surface area contributed by atoms with Gasteiger partial charge in [-0.3, -0.25) is 9.98 Å². The van der Waals surface area contributed by atoms with Gasteiger partial charge in [0.1, 0.15) is 5.82 Å². The number of fused-ring (bicyclic) bond motifs is 1. The van der Waals surface area contributed by atoms with Gasteiger partial charge in [-0.1, -0.05) is 6.07 Å². The second-order valence-electron chi connectivity index (χ2n) is 7.06. The van der Waals surface area contributed by atoms with E-state index in [1.807, 2.05) is 6.07 Å². The van der Waals surface area contributed by atoms with Gasteiger partial charge in [0.2, 0.25) is 0 Å². The fourth-order valence-electron chi connectivity index (χ4n) is 3.32. The molecule has 32 heavy (non-hydrogen) atoms. The number of rotatable bonds is 6. The van der Waals surface area contributed by atoms with Crippen molar-refractivity contribution in [3.05, 3.63) is 83.4 Å². The Bertz CT molecular complexity index is 1270. The van der Waals surface area contributed by atoms with Gasteiger partial charge in [0.05, 0.1) is 22.3 Å². The van der Waals surface area contributed by atoms with Crippen molar-refractivity contribution < 1.29 is 22.7 Å². The molecule has 4 aromatic rings. The molecule has 2 aromatic carbocycles. The molecule has 0 saturated carbocycles. The lowest BCUT2D eigenvalue weighted by Crippen LogP contribution is -2.13. The molecule has 0 aliphatic carbocycles. The Labute approximate surface area is 180 Å². The first-order valence-corrected chi connectivity index (χ1v) is 9.70. The fourth-order valence-corrected chi connectivity index (χ4v) is 3.32. The van der Waals surface area contributed by atoms with E-state index in [0.717, 1.165) is 11.8 Å². The SMILES string of the molecule is Oc1[nH]c2cc(F)ccc2c1C=Nc1ccc(NCCc2ccccn2)c(C(F)(F)F)c1. The van der Waals surface area contributed by atoms with Crippen LogP contribution in [0, 0.1) is 5.82 Å². The molecule has 0 amide bonds. The molecule has 2 heterocycles. The lowest BCUT2D eigenvalue weighted by molar-refractivity contribution is -0.136. The van der Waals surface area contributed by atoms with E-state index in [1.54, 1.807) is 18.3 Å². The third kappa shape index (κ3) is 4.72. The zero-order chi connectivity index (χ0) is 22.7. The zero-order valence-corrected chi connectivity index (χ0v) is 16.6. The molecule has 0 radical (unpaired) electrons. The lowest BCUT2D eigenvalue weighted by Gasteiger charge is -2.15. The molecule has 0 aliphatic rings. The van der Waals surface area contributed by atoms with Crippen LogP contribution >= 0.6 is 0 Å². The minimum Gasteiger partial charge on any atom is -0.494 e. The van der Waals surface area contributed by atoms with Crippen LogP contribution in [-0.4, -0.2) is 27.8 Å². The predicted octanol–water partition coefficient (Wildman–Crippen LogP) is 5.83. The number of hydrogen-bond acceptors (Lipinski definition) is 4. The molecule has 9 heteroatoms. The maximum atomic E-state index is 13.6. The molecule has 4 rings (SSSR count). The van der Waals surface area contributed by atoms with Gasteiger partial charge >= 0.3 is 6.18 Å². The highest BCUT2D eigenvalue weighted by molar-refractivity contribution is 6.02. The first kappa shape index (κ1) is 21.4. The summed E-state index contributed by atoms with van der Waals surface area (Å²) in [5.74, 6) is -0.735. The van der Waals surface area contributed by atoms with Gasteiger partial charge in [-0.2, -0.15) is 13.2 Å². The number of anilines is 1. The summed E-state index contributed by atoms with van der Waals surface area (Å²) in [6, 6.07) is 13.0. The van der Waals surface area contributed by atoms with E-state index in [4.69, 9.17) is 0 Å². The van der Waals surface area contributed by atoms with Crippen LogP contribution in [0.1, 0.15) is 16.8 Å². The predicted molar refractivity (Wildman–Crippen MR) is 115 cm³/mol. The monoisotopic (exact) mass is 442 g/mol. The van der Waals surface area contributed by atoms with Crippen molar-refractivity contribution in [1.29, 1.82) is 0 Å². The second kappa shape index (κ2) is 8.70. The number of pyridine rings is 1. The summed E-state index contributed by atoms with van der Waals surface area (Å²) in [7, 11) is 0. The topological polar surface area (TPSA) is 73.3 Å². The third-order valence-electron chi connectivity index (χ3n) is 4.85. The second-order valence-corrected chi connectivity index (χ2v) is 7.06. The van der Waals surface area contributed by atoms with Crippen molar-refractivity contribution in [3.8, 4) is 5.88 Å². The molecule has 0 atom stereocenters. The number of benzene rings is 2. The summed E-state index contributed by atoms with van der Waals surface area (Å²) in [5, 5.41) is 13.4. The number of aromatic hydroxyl groups is 1. The Balaban J connectivity index is 1.57. The highest BCUT2D eigenvalue weighted by Gasteiger charge is 2.33. The Morgan fingerprint density at radius 2 is 1.94 bits per heavy atom. The quantitative estimate of drug-likeness (QED) is 0.260. The van der Waals surface area contributed by atoms with E-state index in [-0.39, 0.29) is 29.4 Å². The molecular weight excluding hydrogens is 424 g/mol. The summed E-state index contributed by atoms with van der Waals surface area (Å²) in [5.41, 5.74) is 0.534. The summed E-state index contributed by atoms with van der Waals surface area (Å²) < 4.78 is 54.2. The molecule has 164 valence electrons. The van der Waals surface area contributed by atoms with E-state index in [1.165, 1.54) is 36.5 Å². The standard InChI is InChI=1S/C23H18F4N4O/c24-14-4-6-17-18(22(32)31-21(17)11-14)13-30-16-5-7-20(19(12-16)23(25,26)27)29-10-8-15-3-1-2-9-28-15/h1-7,9,11-13,29,31-32H,8,10H2. The largest absolute Gasteiger partial charge is 0.494 e. The summed E-state index contributed by atoms with van der Waals surface area (Å²) >= 11 is 0. The fraction of sp³-hybridized carbons (Fsp3) is 0.130. The zero-order valence-electron chi connectivity index (χ0n) is 16.6. The average molecular weight is 442 g/mol. The minimum atomic E-state index is -4.58. The van der Waals surface area contributed by atoms with Crippen molar-refractivity contribution in [2.45, 2.75) is 12.6 Å². The smallest absolute Gasteiger partial charge is 0.418 e. The van der Waals surface area contributed by atoms with Crippen molar-refractivity contribution in [2.24, 2.45) is 4.99 Å². The maximum Gasteiger partial charge on any atom is 0.418 e. The van der Waals surface area contributed by atoms with E-state index in [9.17, 15) is 22.7 Å². The maximum absolute atomic E-state index is 13.6. The first-order valence-electron chi connectivity index (χ1n) is 9.70. The van der Waals surface area contributed by atoms with Gasteiger partial charge in [0.25, 0.3) is 0 Å². The Kier molecular flexibility index (Phi) is 5.81. The van der Waals surface area contributed by atoms with E-state index in [2.05, 4.69) is 20.3 Å². The van der Waals surface area contributed by atoms with Crippen LogP contribution < -0.4 is 5.32 Å². The number of nitrogens with one attached hydrogen (secondary N) is 2. The number of halogens is 4. The van der Waals surface area contributed by atoms with E-state index in [0.29, 0.717) is 17.3 Å². The summed E-state index contributed by atoms with van der Waals surface area (Å²) in [4.78, 5) is 10.9. The minimum absolute atomic E-state index is 0.0576. The highest BCUT2D eigenvalue weighted by atomic mass is 19.4. The molecule has 3 N–H and O–H groups in total. The first-order chi connectivity index (χ1) is 15.3. The van der Waals surface area contributed by atoms with Gasteiger partial charge in [-0.15, -0.1) is 0 Å². The molecule has 0 unspecified atom stereocenters. The molecule has 0 bridgehead atoms. The van der Waals surface area contributed by atoms with Crippen molar-refractivity contribution in [3.63, 3.8) is 0 Å². The number of nitrogens with zero attached hydrogens (tertiary/aromatic N) is 2. The number of aromatic nitrogens is 2. The van der Waals surface area contributed by atoms with Crippen molar-refractivity contribution in [2.75, 3.05) is 11.9 Å². The molecule has 5 nitrogen and oxygen atoms in total. The molecule has 0 saturated heterocycles. The van der Waals surface area contributed by atoms with Crippen LogP contribution in [0.25, 0.3) is 10.9 Å². The Morgan fingerprint density at radius 1 is 1.09 bits per heavy atom. The van der Waals surface area contributed by atoms with Crippen LogP contribution in [0.4, 0.5) is 28.9 Å². The Hall–Kier alpha value is -3.88. The third-order valence-corrected chi connectivity index (χ3v) is 4.85. The number of aromatic amines is 1. The molecule has 2 aromatic heterocycles. The van der Waals surface area contributed by atoms with Crippen LogP contribution in [0.3, 0.4) is 0 Å². The summed E-state index contributed by atoms with van der Waals surface area (Å²) in [6.07, 6.45) is -1.24. The van der Waals surface area contributed by atoms with Crippen LogP contribution in [0.2, 0.25) is 0 Å². The van der Waals surface area contributed by atoms with Crippen molar-refractivity contribution in [1.82, 2.24) is 9.97 Å². The van der Waals surface area contributed by atoms with Gasteiger partial charge in [-0.25, -0.2) is 4.39 Å². The Morgan fingerprint density at radius 3 is 2.69 bits per heavy atom. The van der Waals surface area contributed by atoms with Gasteiger partial charge in [0, 0.05) is 42.1 Å². The number of alkyl halides is 3. The van der Waals surface area contributed by atoms with E-state index >= 15 is 0 Å².